The normalized spacial score (nSPS) is 12.5. The van der Waals surface area contributed by atoms with Crippen molar-refractivity contribution < 1.29 is 9.52 Å². The van der Waals surface area contributed by atoms with Gasteiger partial charge in [0.05, 0.1) is 12.5 Å². The van der Waals surface area contributed by atoms with Gasteiger partial charge in [-0.2, -0.15) is 0 Å². The van der Waals surface area contributed by atoms with E-state index in [-0.39, 0.29) is 6.04 Å². The van der Waals surface area contributed by atoms with Crippen molar-refractivity contribution in [2.75, 3.05) is 6.54 Å². The lowest BCUT2D eigenvalue weighted by Gasteiger charge is -2.16. The van der Waals surface area contributed by atoms with Crippen molar-refractivity contribution in [1.82, 2.24) is 5.32 Å². The molecule has 1 atom stereocenters. The minimum Gasteiger partial charge on any atom is -0.508 e. The maximum Gasteiger partial charge on any atom is 0.115 e. The van der Waals surface area contributed by atoms with E-state index in [1.165, 1.54) is 0 Å². The summed E-state index contributed by atoms with van der Waals surface area (Å²) in [5.74, 6) is 0.310. The van der Waals surface area contributed by atoms with E-state index in [0.29, 0.717) is 5.75 Å². The molecule has 0 saturated heterocycles. The quantitative estimate of drug-likeness (QED) is 0.831. The van der Waals surface area contributed by atoms with Crippen LogP contribution in [0.25, 0.3) is 0 Å². The summed E-state index contributed by atoms with van der Waals surface area (Å²) in [6, 6.07) is 9.55. The van der Waals surface area contributed by atoms with Crippen LogP contribution in [0.15, 0.2) is 47.3 Å². The van der Waals surface area contributed by atoms with Gasteiger partial charge in [0.15, 0.2) is 0 Å². The number of furan rings is 1. The summed E-state index contributed by atoms with van der Waals surface area (Å²) in [6.45, 7) is 2.98. The van der Waals surface area contributed by atoms with Gasteiger partial charge in [0.2, 0.25) is 0 Å². The van der Waals surface area contributed by atoms with Gasteiger partial charge in [-0.15, -0.1) is 0 Å². The molecule has 1 aromatic carbocycles. The maximum absolute atomic E-state index is 9.45. The number of phenolic OH excluding ortho intramolecular Hbond substituents is 1. The molecule has 3 nitrogen and oxygen atoms in total. The highest BCUT2D eigenvalue weighted by Crippen LogP contribution is 2.21. The Morgan fingerprint density at radius 1 is 1.35 bits per heavy atom. The van der Waals surface area contributed by atoms with Crippen LogP contribution in [0.5, 0.6) is 5.75 Å². The van der Waals surface area contributed by atoms with E-state index in [1.807, 2.05) is 18.2 Å². The van der Waals surface area contributed by atoms with Crippen LogP contribution < -0.4 is 5.32 Å². The highest BCUT2D eigenvalue weighted by molar-refractivity contribution is 5.29. The van der Waals surface area contributed by atoms with Crippen LogP contribution in [0.4, 0.5) is 0 Å². The molecule has 2 N–H and O–H groups in total. The molecule has 1 aromatic heterocycles. The second-order valence-corrected chi connectivity index (χ2v) is 4.04. The van der Waals surface area contributed by atoms with E-state index in [2.05, 4.69) is 12.2 Å². The zero-order chi connectivity index (χ0) is 12.1. The zero-order valence-corrected chi connectivity index (χ0v) is 9.89. The molecule has 1 unspecified atom stereocenters. The van der Waals surface area contributed by atoms with E-state index in [1.54, 1.807) is 24.7 Å². The molecule has 0 aliphatic rings. The number of hydrogen-bond acceptors (Lipinski definition) is 3. The summed E-state index contributed by atoms with van der Waals surface area (Å²) in [6.07, 6.45) is 4.28. The highest BCUT2D eigenvalue weighted by Gasteiger charge is 2.12. The van der Waals surface area contributed by atoms with Crippen LogP contribution in [0, 0.1) is 0 Å². The molecule has 3 heteroatoms. The van der Waals surface area contributed by atoms with Crippen molar-refractivity contribution in [2.45, 2.75) is 19.4 Å². The van der Waals surface area contributed by atoms with Gasteiger partial charge in [-0.1, -0.05) is 19.1 Å². The molecule has 0 bridgehead atoms. The molecule has 2 aromatic rings. The lowest BCUT2D eigenvalue weighted by Crippen LogP contribution is -2.22. The van der Waals surface area contributed by atoms with Gasteiger partial charge < -0.3 is 14.8 Å². The standard InChI is InChI=1S/C14H17NO2/c1-2-15-14(12-6-7-17-10-12)9-11-4-3-5-13(16)8-11/h3-8,10,14-16H,2,9H2,1H3. The highest BCUT2D eigenvalue weighted by atomic mass is 16.3. The molecule has 2 rings (SSSR count). The Bertz CT molecular complexity index is 451. The predicted octanol–water partition coefficient (Wildman–Crippen LogP) is 2.88. The first-order valence-electron chi connectivity index (χ1n) is 5.83. The van der Waals surface area contributed by atoms with Crippen LogP contribution in [0.2, 0.25) is 0 Å². The number of benzene rings is 1. The van der Waals surface area contributed by atoms with E-state index >= 15 is 0 Å². The van der Waals surface area contributed by atoms with Crippen LogP contribution in [-0.4, -0.2) is 11.7 Å². The summed E-state index contributed by atoms with van der Waals surface area (Å²) < 4.78 is 5.11. The molecular formula is C14H17NO2. The molecule has 0 aliphatic heterocycles. The number of aromatic hydroxyl groups is 1. The molecule has 1 heterocycles. The van der Waals surface area contributed by atoms with Gasteiger partial charge >= 0.3 is 0 Å². The molecule has 17 heavy (non-hydrogen) atoms. The number of rotatable bonds is 5. The Morgan fingerprint density at radius 3 is 2.88 bits per heavy atom. The zero-order valence-electron chi connectivity index (χ0n) is 9.89. The Labute approximate surface area is 101 Å². The fraction of sp³-hybridized carbons (Fsp3) is 0.286. The molecular weight excluding hydrogens is 214 g/mol. The van der Waals surface area contributed by atoms with Crippen LogP contribution >= 0.6 is 0 Å². The first-order valence-corrected chi connectivity index (χ1v) is 5.83. The first kappa shape index (κ1) is 11.7. The van der Waals surface area contributed by atoms with Gasteiger partial charge in [0.1, 0.15) is 5.75 Å². The molecule has 0 fully saturated rings. The lowest BCUT2D eigenvalue weighted by molar-refractivity contribution is 0.473. The maximum atomic E-state index is 9.45. The van der Waals surface area contributed by atoms with Crippen molar-refractivity contribution in [3.63, 3.8) is 0 Å². The fourth-order valence-corrected chi connectivity index (χ4v) is 1.95. The molecule has 0 spiro atoms. The van der Waals surface area contributed by atoms with Crippen LogP contribution in [0.1, 0.15) is 24.1 Å². The van der Waals surface area contributed by atoms with E-state index < -0.39 is 0 Å². The Balaban J connectivity index is 2.13. The largest absolute Gasteiger partial charge is 0.508 e. The summed E-state index contributed by atoms with van der Waals surface area (Å²) in [7, 11) is 0. The topological polar surface area (TPSA) is 45.4 Å². The second-order valence-electron chi connectivity index (χ2n) is 4.04. The van der Waals surface area contributed by atoms with Crippen molar-refractivity contribution in [3.8, 4) is 5.75 Å². The average Bonchev–Trinajstić information content (AvgIpc) is 2.82. The van der Waals surface area contributed by atoms with Gasteiger partial charge in [0.25, 0.3) is 0 Å². The number of phenols is 1. The third-order valence-electron chi connectivity index (χ3n) is 2.75. The monoisotopic (exact) mass is 231 g/mol. The van der Waals surface area contributed by atoms with E-state index in [0.717, 1.165) is 24.1 Å². The van der Waals surface area contributed by atoms with Crippen molar-refractivity contribution >= 4 is 0 Å². The average molecular weight is 231 g/mol. The van der Waals surface area contributed by atoms with E-state index in [9.17, 15) is 5.11 Å². The summed E-state index contributed by atoms with van der Waals surface area (Å²) in [4.78, 5) is 0. The molecule has 0 saturated carbocycles. The van der Waals surface area contributed by atoms with Gasteiger partial charge in [-0.25, -0.2) is 0 Å². The Kier molecular flexibility index (Phi) is 3.83. The van der Waals surface area contributed by atoms with Crippen LogP contribution in [-0.2, 0) is 6.42 Å². The smallest absolute Gasteiger partial charge is 0.115 e. The van der Waals surface area contributed by atoms with E-state index in [4.69, 9.17) is 4.42 Å². The number of hydrogen-bond donors (Lipinski definition) is 2. The SMILES string of the molecule is CCNC(Cc1cccc(O)c1)c1ccoc1. The van der Waals surface area contributed by atoms with Crippen molar-refractivity contribution in [1.29, 1.82) is 0 Å². The summed E-state index contributed by atoms with van der Waals surface area (Å²) >= 11 is 0. The fourth-order valence-electron chi connectivity index (χ4n) is 1.95. The third-order valence-corrected chi connectivity index (χ3v) is 2.75. The van der Waals surface area contributed by atoms with Crippen molar-refractivity contribution in [3.05, 3.63) is 54.0 Å². The minimum atomic E-state index is 0.223. The minimum absolute atomic E-state index is 0.223. The van der Waals surface area contributed by atoms with Crippen LogP contribution in [0.3, 0.4) is 0 Å². The number of nitrogens with one attached hydrogen (secondary N) is 1. The van der Waals surface area contributed by atoms with Gasteiger partial charge in [-0.3, -0.25) is 0 Å². The third kappa shape index (κ3) is 3.11. The molecule has 0 radical (unpaired) electrons. The molecule has 90 valence electrons. The van der Waals surface area contributed by atoms with Gasteiger partial charge in [-0.05, 0) is 36.7 Å². The Hall–Kier alpha value is -1.74. The summed E-state index contributed by atoms with van der Waals surface area (Å²) in [5, 5.41) is 12.9. The Morgan fingerprint density at radius 2 is 2.24 bits per heavy atom. The van der Waals surface area contributed by atoms with Crippen molar-refractivity contribution in [2.24, 2.45) is 0 Å². The first-order chi connectivity index (χ1) is 8.29. The summed E-state index contributed by atoms with van der Waals surface area (Å²) in [5.41, 5.74) is 2.24. The molecule has 0 amide bonds. The second kappa shape index (κ2) is 5.55. The predicted molar refractivity (Wildman–Crippen MR) is 66.9 cm³/mol. The molecule has 0 aliphatic carbocycles. The van der Waals surface area contributed by atoms with Gasteiger partial charge in [0, 0.05) is 11.6 Å². The number of likely N-dealkylation sites (N-methyl/N-ethyl adjacent to an activating group) is 1. The lowest BCUT2D eigenvalue weighted by atomic mass is 10.0.